The molecule has 0 saturated heterocycles. The number of nitrogens with zero attached hydrogens (tertiary/aromatic N) is 5. The number of esters is 1. The summed E-state index contributed by atoms with van der Waals surface area (Å²) >= 11 is 0. The number of benzene rings is 4. The van der Waals surface area contributed by atoms with Crippen molar-refractivity contribution < 1.29 is 52.7 Å². The number of hydrazine groups is 1. The minimum Gasteiger partial charge on any atom is -0.465 e. The van der Waals surface area contributed by atoms with Gasteiger partial charge in [0.2, 0.25) is 6.29 Å². The lowest BCUT2D eigenvalue weighted by Crippen LogP contribution is -2.33. The zero-order chi connectivity index (χ0) is 44.4. The quantitative estimate of drug-likeness (QED) is 0.0110. The summed E-state index contributed by atoms with van der Waals surface area (Å²) < 4.78 is 33.0. The number of hydrazone groups is 1. The molecule has 0 spiro atoms. The molecule has 1 saturated carbocycles. The normalized spacial score (nSPS) is 13.2. The number of carbonyl (C=O) groups excluding carboxylic acids is 3. The Labute approximate surface area is 357 Å². The Hall–Kier alpha value is -7.25. The van der Waals surface area contributed by atoms with Crippen molar-refractivity contribution in [3.63, 3.8) is 0 Å². The van der Waals surface area contributed by atoms with Gasteiger partial charge in [0.15, 0.2) is 12.6 Å². The number of para-hydroxylation sites is 2. The maximum atomic E-state index is 13.1. The number of nitrogens with two attached hydrogens (primary N) is 2. The van der Waals surface area contributed by atoms with Crippen molar-refractivity contribution >= 4 is 35.5 Å². The number of carbonyl (C=O) groups is 3. The van der Waals surface area contributed by atoms with Crippen LogP contribution in [0.5, 0.6) is 11.8 Å². The maximum Gasteiger partial charge on any atom is 0.515 e. The first-order valence-corrected chi connectivity index (χ1v) is 19.7. The molecule has 1 heterocycles. The fraction of sp³-hybridized carbons (Fsp3) is 0.326. The van der Waals surface area contributed by atoms with Gasteiger partial charge in [-0.05, 0) is 54.7 Å². The van der Waals surface area contributed by atoms with Crippen molar-refractivity contribution in [2.24, 2.45) is 16.7 Å². The van der Waals surface area contributed by atoms with Crippen molar-refractivity contribution in [2.75, 3.05) is 20.4 Å². The second-order valence-corrected chi connectivity index (χ2v) is 13.7. The van der Waals surface area contributed by atoms with Crippen LogP contribution in [0.1, 0.15) is 73.0 Å². The average Bonchev–Trinajstić information content (AvgIpc) is 3.62. The summed E-state index contributed by atoms with van der Waals surface area (Å²) in [5.74, 6) is 5.28. The van der Waals surface area contributed by atoms with Gasteiger partial charge in [0.1, 0.15) is 12.4 Å². The highest BCUT2D eigenvalue weighted by Gasteiger charge is 2.22. The third-order valence-corrected chi connectivity index (χ3v) is 9.48. The van der Waals surface area contributed by atoms with E-state index in [0.29, 0.717) is 35.3 Å². The van der Waals surface area contributed by atoms with Gasteiger partial charge in [-0.15, -0.1) is 15.2 Å². The Morgan fingerprint density at radius 2 is 1.71 bits per heavy atom. The number of imidazole rings is 1. The van der Waals surface area contributed by atoms with Crippen LogP contribution in [-0.2, 0) is 41.7 Å². The van der Waals surface area contributed by atoms with E-state index in [-0.39, 0.29) is 35.7 Å². The predicted octanol–water partition coefficient (Wildman–Crippen LogP) is 6.47. The van der Waals surface area contributed by atoms with Crippen LogP contribution in [0.25, 0.3) is 22.2 Å². The minimum atomic E-state index is -1.14. The van der Waals surface area contributed by atoms with E-state index in [2.05, 4.69) is 14.9 Å². The van der Waals surface area contributed by atoms with Crippen molar-refractivity contribution in [2.45, 2.75) is 71.5 Å². The van der Waals surface area contributed by atoms with Crippen LogP contribution in [-0.4, -0.2) is 77.0 Å². The van der Waals surface area contributed by atoms with E-state index in [1.165, 1.54) is 51.2 Å². The SMILES string of the molecule is CCOc1nc2cccc(C(=O)OC(C)OC=O)c2n1Cc1ccc(-c2ccccc2/C(N)=N/N(N)COC(=O)Oc2ccccc2CO[N+](=O)[O-])cc1.COC1CCCCC1. The van der Waals surface area contributed by atoms with Gasteiger partial charge in [0, 0.05) is 25.2 Å². The molecule has 0 aliphatic heterocycles. The van der Waals surface area contributed by atoms with Crippen LogP contribution >= 0.6 is 0 Å². The molecule has 1 unspecified atom stereocenters. The molecule has 1 fully saturated rings. The Morgan fingerprint density at radius 3 is 2.40 bits per heavy atom. The lowest BCUT2D eigenvalue weighted by molar-refractivity contribution is -0.763. The Kier molecular flexibility index (Phi) is 17.0. The van der Waals surface area contributed by atoms with Crippen molar-refractivity contribution in [3.8, 4) is 22.9 Å². The van der Waals surface area contributed by atoms with E-state index in [4.69, 9.17) is 40.0 Å². The first-order valence-electron chi connectivity index (χ1n) is 19.7. The highest BCUT2D eigenvalue weighted by atomic mass is 16.9. The van der Waals surface area contributed by atoms with Gasteiger partial charge in [0.25, 0.3) is 17.6 Å². The molecule has 0 bridgehead atoms. The monoisotopic (exact) mass is 855 g/mol. The van der Waals surface area contributed by atoms with Crippen molar-refractivity contribution in [3.05, 3.63) is 123 Å². The van der Waals surface area contributed by atoms with Crippen molar-refractivity contribution in [1.82, 2.24) is 14.7 Å². The third kappa shape index (κ3) is 12.9. The summed E-state index contributed by atoms with van der Waals surface area (Å²) in [7, 11) is 1.82. The number of hydrogen-bond donors (Lipinski definition) is 2. The third-order valence-electron chi connectivity index (χ3n) is 9.48. The van der Waals surface area contributed by atoms with Crippen molar-refractivity contribution in [1.29, 1.82) is 0 Å². The zero-order valence-corrected chi connectivity index (χ0v) is 34.5. The van der Waals surface area contributed by atoms with E-state index in [9.17, 15) is 24.5 Å². The molecule has 4 N–H and O–H groups in total. The number of hydrogen-bond acceptors (Lipinski definition) is 16. The number of rotatable bonds is 18. The molecular weight excluding hydrogens is 807 g/mol. The second-order valence-electron chi connectivity index (χ2n) is 13.7. The lowest BCUT2D eigenvalue weighted by atomic mass is 9.98. The highest BCUT2D eigenvalue weighted by Crippen LogP contribution is 2.29. The predicted molar refractivity (Wildman–Crippen MR) is 225 cm³/mol. The Bertz CT molecular complexity index is 2310. The molecular formula is C43H49N7O12. The smallest absolute Gasteiger partial charge is 0.465 e. The van der Waals surface area contributed by atoms with E-state index in [1.54, 1.807) is 47.0 Å². The summed E-state index contributed by atoms with van der Waals surface area (Å²) in [6.07, 6.45) is 5.10. The fourth-order valence-corrected chi connectivity index (χ4v) is 6.57. The van der Waals surface area contributed by atoms with Gasteiger partial charge in [-0.1, -0.05) is 92.1 Å². The van der Waals surface area contributed by atoms with Gasteiger partial charge >= 0.3 is 12.1 Å². The van der Waals surface area contributed by atoms with Gasteiger partial charge in [-0.2, -0.15) is 10.1 Å². The number of aromatic nitrogens is 2. The van der Waals surface area contributed by atoms with Crippen LogP contribution in [0, 0.1) is 10.1 Å². The minimum absolute atomic E-state index is 0.00561. The summed E-state index contributed by atoms with van der Waals surface area (Å²) in [6, 6.07) is 26.2. The highest BCUT2D eigenvalue weighted by molar-refractivity contribution is 6.03. The molecule has 1 aromatic heterocycles. The van der Waals surface area contributed by atoms with Crippen LogP contribution in [0.4, 0.5) is 4.79 Å². The molecule has 6 rings (SSSR count). The molecule has 0 radical (unpaired) electrons. The zero-order valence-electron chi connectivity index (χ0n) is 34.5. The van der Waals surface area contributed by atoms with Gasteiger partial charge < -0.3 is 39.0 Å². The standard InChI is InChI=1S/C36H35N7O11.C7H14O/c1-3-49-35-39-30-13-8-12-29(34(45)53-23(2)51-22-44)32(30)41(35)19-24-15-17-25(18-16-24)27-10-5-6-11-28(27)33(37)40-42(38)21-50-36(46)54-31-14-7-4-9-26(31)20-52-43(47)48;1-8-7-5-3-2-4-6-7/h4-18,22-23H,3,19-21,38H2,1-2H3,(H2,37,40);7H,2-6H2,1H3. The number of ether oxygens (including phenoxy) is 6. The summed E-state index contributed by atoms with van der Waals surface area (Å²) in [4.78, 5) is 55.6. The average molecular weight is 856 g/mol. The molecule has 0 amide bonds. The fourth-order valence-electron chi connectivity index (χ4n) is 6.57. The molecule has 62 heavy (non-hydrogen) atoms. The number of methoxy groups -OCH3 is 1. The van der Waals surface area contributed by atoms with Gasteiger partial charge in [0.05, 0.1) is 35.9 Å². The second kappa shape index (κ2) is 22.9. The molecule has 5 aromatic rings. The molecule has 328 valence electrons. The van der Waals surface area contributed by atoms with E-state index in [0.717, 1.165) is 21.8 Å². The molecule has 1 aliphatic rings. The Balaban J connectivity index is 0.000000814. The first-order chi connectivity index (χ1) is 30.0. The summed E-state index contributed by atoms with van der Waals surface area (Å²) in [5, 5.41) is 14.5. The number of amidine groups is 1. The lowest BCUT2D eigenvalue weighted by Gasteiger charge is -2.19. The summed E-state index contributed by atoms with van der Waals surface area (Å²) in [5.41, 5.74) is 10.7. The topological polar surface area (TPSA) is 244 Å². The van der Waals surface area contributed by atoms with E-state index in [1.807, 2.05) is 50.4 Å². The Morgan fingerprint density at radius 1 is 1.00 bits per heavy atom. The van der Waals surface area contributed by atoms with E-state index < -0.39 is 36.8 Å². The first kappa shape index (κ1) is 45.8. The maximum absolute atomic E-state index is 13.1. The molecule has 19 nitrogen and oxygen atoms in total. The number of fused-ring (bicyclic) bond motifs is 1. The largest absolute Gasteiger partial charge is 0.515 e. The van der Waals surface area contributed by atoms with Gasteiger partial charge in [-0.3, -0.25) is 9.36 Å². The van der Waals surface area contributed by atoms with Crippen LogP contribution in [0.2, 0.25) is 0 Å². The van der Waals surface area contributed by atoms with E-state index >= 15 is 0 Å². The molecule has 1 atom stereocenters. The molecule has 1 aliphatic carbocycles. The van der Waals surface area contributed by atoms with Crippen LogP contribution < -0.4 is 21.1 Å². The molecule has 19 heteroatoms. The van der Waals surface area contributed by atoms with Crippen LogP contribution in [0.15, 0.2) is 96.1 Å². The van der Waals surface area contributed by atoms with Gasteiger partial charge in [-0.25, -0.2) is 15.4 Å². The van der Waals surface area contributed by atoms with Crippen LogP contribution in [0.3, 0.4) is 0 Å². The summed E-state index contributed by atoms with van der Waals surface area (Å²) in [6.45, 7) is 3.11. The molecule has 4 aromatic carbocycles.